The summed E-state index contributed by atoms with van der Waals surface area (Å²) in [7, 11) is 0. The van der Waals surface area contributed by atoms with Gasteiger partial charge in [-0.05, 0) is 52.8 Å². The smallest absolute Gasteiger partial charge is 0.293 e. The van der Waals surface area contributed by atoms with Crippen molar-refractivity contribution in [1.29, 1.82) is 0 Å². The summed E-state index contributed by atoms with van der Waals surface area (Å²) in [6.45, 7) is 0. The average molecular weight is 491 g/mol. The molecule has 0 spiro atoms. The number of halogens is 3. The van der Waals surface area contributed by atoms with Crippen LogP contribution in [0, 0.1) is 11.6 Å². The first-order valence-corrected chi connectivity index (χ1v) is 10.5. The average Bonchev–Trinajstić information content (AvgIpc) is 3.41. The number of rotatable bonds is 7. The van der Waals surface area contributed by atoms with Crippen molar-refractivity contribution in [2.24, 2.45) is 5.10 Å². The maximum Gasteiger partial charge on any atom is 0.293 e. The van der Waals surface area contributed by atoms with Crippen LogP contribution in [0.3, 0.4) is 0 Å². The van der Waals surface area contributed by atoms with Crippen molar-refractivity contribution in [3.05, 3.63) is 76.1 Å². The van der Waals surface area contributed by atoms with Crippen LogP contribution in [0.2, 0.25) is 5.02 Å². The maximum absolute atomic E-state index is 13.7. The van der Waals surface area contributed by atoms with Crippen LogP contribution < -0.4 is 11.2 Å². The molecular formula is C19H13ClF2N8O2S. The lowest BCUT2D eigenvalue weighted by molar-refractivity contribution is 0.0949. The predicted octanol–water partition coefficient (Wildman–Crippen LogP) is 3.22. The number of carbonyl (C=O) groups is 1. The summed E-state index contributed by atoms with van der Waals surface area (Å²) < 4.78 is 32.8. The topological polar surface area (TPSA) is 137 Å². The van der Waals surface area contributed by atoms with Gasteiger partial charge in [-0.3, -0.25) is 4.79 Å². The van der Waals surface area contributed by atoms with E-state index in [9.17, 15) is 13.6 Å². The fraction of sp³-hybridized carbons (Fsp3) is 0.0526. The number of carbonyl (C=O) groups excluding carboxylic acids is 1. The lowest BCUT2D eigenvalue weighted by Gasteiger charge is -2.06. The van der Waals surface area contributed by atoms with E-state index >= 15 is 0 Å². The molecule has 1 amide bonds. The Morgan fingerprint density at radius 3 is 2.76 bits per heavy atom. The lowest BCUT2D eigenvalue weighted by Crippen LogP contribution is -2.20. The van der Waals surface area contributed by atoms with Gasteiger partial charge < -0.3 is 5.73 Å². The second-order valence-corrected chi connectivity index (χ2v) is 7.86. The molecule has 0 aliphatic carbocycles. The summed E-state index contributed by atoms with van der Waals surface area (Å²) in [4.78, 5) is 13.6. The van der Waals surface area contributed by atoms with Crippen molar-refractivity contribution in [3.63, 3.8) is 0 Å². The monoisotopic (exact) mass is 490 g/mol. The lowest BCUT2D eigenvalue weighted by atomic mass is 10.2. The van der Waals surface area contributed by atoms with E-state index in [1.54, 1.807) is 12.1 Å². The number of nitrogens with two attached hydrogens (primary N) is 1. The fourth-order valence-electron chi connectivity index (χ4n) is 2.62. The summed E-state index contributed by atoms with van der Waals surface area (Å²) >= 11 is 7.29. The largest absolute Gasteiger partial charge is 0.378 e. The summed E-state index contributed by atoms with van der Waals surface area (Å²) in [5.74, 6) is -1.85. The number of nitrogen functional groups attached to an aromatic ring is 1. The van der Waals surface area contributed by atoms with Gasteiger partial charge in [0.05, 0.1) is 11.9 Å². The van der Waals surface area contributed by atoms with E-state index in [4.69, 9.17) is 17.3 Å². The van der Waals surface area contributed by atoms with Gasteiger partial charge in [-0.2, -0.15) is 9.78 Å². The molecule has 0 saturated carbocycles. The minimum absolute atomic E-state index is 0.0517. The quantitative estimate of drug-likeness (QED) is 0.229. The number of nitrogens with zero attached hydrogens (tertiary/aromatic N) is 6. The van der Waals surface area contributed by atoms with Gasteiger partial charge in [-0.25, -0.2) is 18.8 Å². The number of hydrazone groups is 1. The van der Waals surface area contributed by atoms with Crippen molar-refractivity contribution in [2.45, 2.75) is 10.6 Å². The van der Waals surface area contributed by atoms with Gasteiger partial charge >= 0.3 is 0 Å². The zero-order chi connectivity index (χ0) is 23.4. The SMILES string of the molecule is Nc1nonc1-n1nnc(C(=O)NN=Cc2cc(F)ccc2F)c1CSc1ccc(Cl)cc1. The molecule has 0 aliphatic heterocycles. The molecule has 0 aliphatic rings. The third-order valence-electron chi connectivity index (χ3n) is 4.19. The van der Waals surface area contributed by atoms with Crippen LogP contribution in [-0.2, 0) is 5.75 Å². The highest BCUT2D eigenvalue weighted by Gasteiger charge is 2.24. The van der Waals surface area contributed by atoms with E-state index < -0.39 is 17.5 Å². The fourth-order valence-corrected chi connectivity index (χ4v) is 3.64. The van der Waals surface area contributed by atoms with Crippen LogP contribution in [0.25, 0.3) is 5.82 Å². The first kappa shape index (κ1) is 22.4. The first-order valence-electron chi connectivity index (χ1n) is 9.12. The second-order valence-electron chi connectivity index (χ2n) is 6.38. The molecule has 2 aromatic heterocycles. The van der Waals surface area contributed by atoms with Crippen LogP contribution in [0.4, 0.5) is 14.6 Å². The van der Waals surface area contributed by atoms with Crippen LogP contribution >= 0.6 is 23.4 Å². The molecule has 0 unspecified atom stereocenters. The number of nitrogens with one attached hydrogen (secondary N) is 1. The Labute approximate surface area is 193 Å². The Morgan fingerprint density at radius 2 is 2.03 bits per heavy atom. The Balaban J connectivity index is 1.58. The van der Waals surface area contributed by atoms with Crippen molar-refractivity contribution in [3.8, 4) is 5.82 Å². The Morgan fingerprint density at radius 1 is 1.24 bits per heavy atom. The predicted molar refractivity (Wildman–Crippen MR) is 116 cm³/mol. The van der Waals surface area contributed by atoms with E-state index in [1.807, 2.05) is 12.1 Å². The van der Waals surface area contributed by atoms with Gasteiger partial charge in [0.25, 0.3) is 5.91 Å². The zero-order valence-electron chi connectivity index (χ0n) is 16.4. The molecule has 33 heavy (non-hydrogen) atoms. The van der Waals surface area contributed by atoms with Crippen molar-refractivity contribution in [2.75, 3.05) is 5.73 Å². The molecule has 14 heteroatoms. The highest BCUT2D eigenvalue weighted by molar-refractivity contribution is 7.98. The van der Waals surface area contributed by atoms with Crippen LogP contribution in [0.1, 0.15) is 21.7 Å². The summed E-state index contributed by atoms with van der Waals surface area (Å²) in [5.41, 5.74) is 8.07. The molecule has 0 bridgehead atoms. The van der Waals surface area contributed by atoms with Crippen LogP contribution in [-0.4, -0.2) is 37.4 Å². The van der Waals surface area contributed by atoms with Gasteiger partial charge in [0, 0.05) is 21.2 Å². The molecule has 0 atom stereocenters. The Hall–Kier alpha value is -3.84. The van der Waals surface area contributed by atoms with Crippen molar-refractivity contribution in [1.82, 2.24) is 30.7 Å². The van der Waals surface area contributed by atoms with Crippen LogP contribution in [0.15, 0.2) is 57.1 Å². The van der Waals surface area contributed by atoms with Gasteiger partial charge in [0.2, 0.25) is 11.6 Å². The van der Waals surface area contributed by atoms with Crippen molar-refractivity contribution >= 4 is 41.3 Å². The van der Waals surface area contributed by atoms with E-state index in [2.05, 4.69) is 35.8 Å². The molecule has 0 radical (unpaired) electrons. The number of aromatic nitrogens is 5. The van der Waals surface area contributed by atoms with Gasteiger partial charge in [-0.15, -0.1) is 16.9 Å². The van der Waals surface area contributed by atoms with E-state index in [0.717, 1.165) is 29.3 Å². The molecule has 168 valence electrons. The number of thioether (sulfide) groups is 1. The number of hydrogen-bond acceptors (Lipinski definition) is 9. The molecule has 4 rings (SSSR count). The van der Waals surface area contributed by atoms with Gasteiger partial charge in [0.1, 0.15) is 11.6 Å². The number of anilines is 1. The number of hydrogen-bond donors (Lipinski definition) is 2. The van der Waals surface area contributed by atoms with Crippen LogP contribution in [0.5, 0.6) is 0 Å². The van der Waals surface area contributed by atoms with E-state index in [0.29, 0.717) is 10.7 Å². The van der Waals surface area contributed by atoms with Gasteiger partial charge in [-0.1, -0.05) is 16.8 Å². The zero-order valence-corrected chi connectivity index (χ0v) is 18.0. The minimum atomic E-state index is -0.740. The number of benzene rings is 2. The molecule has 2 heterocycles. The molecule has 10 nitrogen and oxygen atoms in total. The summed E-state index contributed by atoms with van der Waals surface area (Å²) in [5, 5.41) is 19.3. The second kappa shape index (κ2) is 9.75. The third-order valence-corrected chi connectivity index (χ3v) is 5.47. The first-order chi connectivity index (χ1) is 15.9. The minimum Gasteiger partial charge on any atom is -0.378 e. The highest BCUT2D eigenvalue weighted by Crippen LogP contribution is 2.27. The highest BCUT2D eigenvalue weighted by atomic mass is 35.5. The molecule has 4 aromatic rings. The van der Waals surface area contributed by atoms with E-state index in [1.165, 1.54) is 16.4 Å². The summed E-state index contributed by atoms with van der Waals surface area (Å²) in [6.07, 6.45) is 0.975. The summed E-state index contributed by atoms with van der Waals surface area (Å²) in [6, 6.07) is 9.94. The third kappa shape index (κ3) is 5.15. The molecule has 3 N–H and O–H groups in total. The van der Waals surface area contributed by atoms with Crippen molar-refractivity contribution < 1.29 is 18.2 Å². The molecular weight excluding hydrogens is 478 g/mol. The standard InChI is InChI=1S/C19H13ClF2N8O2S/c20-11-1-4-13(5-2-11)33-9-15-16(25-29-30(15)18-17(23)27-32-28-18)19(31)26-24-8-10-7-12(21)3-6-14(10)22/h1-8H,9H2,(H2,23,27)(H,26,31). The number of amides is 1. The Bertz CT molecular complexity index is 1330. The van der Waals surface area contributed by atoms with E-state index in [-0.39, 0.29) is 28.6 Å². The Kier molecular flexibility index (Phi) is 6.60. The molecule has 0 saturated heterocycles. The van der Waals surface area contributed by atoms with Gasteiger partial charge in [0.15, 0.2) is 5.69 Å². The molecule has 0 fully saturated rings. The maximum atomic E-state index is 13.7. The molecule has 2 aromatic carbocycles. The normalized spacial score (nSPS) is 11.2.